The lowest BCUT2D eigenvalue weighted by molar-refractivity contribution is 0.0991. The Hall–Kier alpha value is 0.657. The summed E-state index contributed by atoms with van der Waals surface area (Å²) in [6, 6.07) is 0. The van der Waals surface area contributed by atoms with Crippen molar-refractivity contribution in [2.45, 2.75) is 32.3 Å². The van der Waals surface area contributed by atoms with E-state index in [1.807, 2.05) is 0 Å². The van der Waals surface area contributed by atoms with Crippen LogP contribution in [0.2, 0.25) is 0 Å². The molecule has 0 aliphatic carbocycles. The van der Waals surface area contributed by atoms with E-state index in [1.165, 1.54) is 0 Å². The standard InChI is InChI=1S/C6H12BrOSi/c1-3-6(4-2,5-7)8-9/h3-5H2,1-2H3. The third-order valence-electron chi connectivity index (χ3n) is 1.75. The number of rotatable bonds is 4. The Labute approximate surface area is 68.8 Å². The second kappa shape index (κ2) is 4.47. The van der Waals surface area contributed by atoms with Gasteiger partial charge in [-0.3, -0.25) is 0 Å². The van der Waals surface area contributed by atoms with Gasteiger partial charge in [0.15, 0.2) is 0 Å². The highest BCUT2D eigenvalue weighted by atomic mass is 79.9. The van der Waals surface area contributed by atoms with Gasteiger partial charge in [0, 0.05) is 5.33 Å². The maximum atomic E-state index is 5.14. The average Bonchev–Trinajstić information content (AvgIpc) is 1.95. The molecule has 0 atom stereocenters. The quantitative estimate of drug-likeness (QED) is 0.507. The van der Waals surface area contributed by atoms with Gasteiger partial charge in [-0.15, -0.1) is 0 Å². The van der Waals surface area contributed by atoms with E-state index in [0.29, 0.717) is 0 Å². The van der Waals surface area contributed by atoms with Gasteiger partial charge < -0.3 is 4.43 Å². The van der Waals surface area contributed by atoms with Crippen LogP contribution in [0.25, 0.3) is 0 Å². The minimum atomic E-state index is -0.00309. The molecule has 0 aromatic carbocycles. The molecular formula is C6H12BrOSi. The van der Waals surface area contributed by atoms with Crippen molar-refractivity contribution in [3.63, 3.8) is 0 Å². The van der Waals surface area contributed by atoms with E-state index in [0.717, 1.165) is 18.2 Å². The Bertz CT molecular complexity index is 55.9. The highest BCUT2D eigenvalue weighted by Crippen LogP contribution is 2.20. The molecule has 0 bridgehead atoms. The molecule has 0 aliphatic heterocycles. The Balaban J connectivity index is 3.82. The summed E-state index contributed by atoms with van der Waals surface area (Å²) in [4.78, 5) is 0. The third-order valence-corrected chi connectivity index (χ3v) is 3.20. The van der Waals surface area contributed by atoms with E-state index in [4.69, 9.17) is 4.43 Å². The van der Waals surface area contributed by atoms with Crippen molar-refractivity contribution < 1.29 is 4.43 Å². The van der Waals surface area contributed by atoms with Gasteiger partial charge in [-0.2, -0.15) is 0 Å². The van der Waals surface area contributed by atoms with Gasteiger partial charge in [0.25, 0.3) is 0 Å². The maximum Gasteiger partial charge on any atom is 0.247 e. The average molecular weight is 208 g/mol. The van der Waals surface area contributed by atoms with Gasteiger partial charge in [-0.1, -0.05) is 29.8 Å². The lowest BCUT2D eigenvalue weighted by Gasteiger charge is -2.27. The molecular weight excluding hydrogens is 196 g/mol. The van der Waals surface area contributed by atoms with Crippen molar-refractivity contribution in [1.82, 2.24) is 0 Å². The molecule has 0 amide bonds. The number of halogens is 1. The fourth-order valence-electron chi connectivity index (χ4n) is 0.611. The molecule has 0 unspecified atom stereocenters. The number of hydrogen-bond donors (Lipinski definition) is 0. The minimum Gasteiger partial charge on any atom is -0.412 e. The molecule has 0 fully saturated rings. The molecule has 0 aromatic rings. The number of hydrogen-bond acceptors (Lipinski definition) is 1. The Morgan fingerprint density at radius 1 is 1.44 bits per heavy atom. The van der Waals surface area contributed by atoms with E-state index < -0.39 is 0 Å². The van der Waals surface area contributed by atoms with Crippen LogP contribution >= 0.6 is 15.9 Å². The van der Waals surface area contributed by atoms with Crippen molar-refractivity contribution in [3.8, 4) is 0 Å². The van der Waals surface area contributed by atoms with Gasteiger partial charge in [-0.05, 0) is 12.8 Å². The molecule has 1 nitrogen and oxygen atoms in total. The van der Waals surface area contributed by atoms with E-state index in [1.54, 1.807) is 0 Å². The van der Waals surface area contributed by atoms with Crippen LogP contribution in [0.4, 0.5) is 0 Å². The molecule has 3 heteroatoms. The zero-order chi connectivity index (χ0) is 7.33. The third kappa shape index (κ3) is 2.39. The van der Waals surface area contributed by atoms with Gasteiger partial charge in [0.05, 0.1) is 5.60 Å². The highest BCUT2D eigenvalue weighted by Gasteiger charge is 2.22. The lowest BCUT2D eigenvalue weighted by Crippen LogP contribution is -2.31. The molecule has 0 heterocycles. The minimum absolute atomic E-state index is 0.00309. The molecule has 9 heavy (non-hydrogen) atoms. The predicted molar refractivity (Wildman–Crippen MR) is 43.9 cm³/mol. The first kappa shape index (κ1) is 9.66. The van der Waals surface area contributed by atoms with Crippen LogP contribution in [0.5, 0.6) is 0 Å². The first-order valence-electron chi connectivity index (χ1n) is 3.15. The second-order valence-corrected chi connectivity index (χ2v) is 2.89. The molecule has 0 aliphatic rings. The van der Waals surface area contributed by atoms with Crippen molar-refractivity contribution in [2.75, 3.05) is 5.33 Å². The molecule has 0 aromatic heterocycles. The maximum absolute atomic E-state index is 5.14. The fraction of sp³-hybridized carbons (Fsp3) is 1.00. The summed E-state index contributed by atoms with van der Waals surface area (Å²) in [5.41, 5.74) is -0.00309. The summed E-state index contributed by atoms with van der Waals surface area (Å²) in [7, 11) is 3.07. The zero-order valence-electron chi connectivity index (χ0n) is 5.91. The summed E-state index contributed by atoms with van der Waals surface area (Å²) in [5.74, 6) is 0. The first-order chi connectivity index (χ1) is 4.24. The predicted octanol–water partition coefficient (Wildman–Crippen LogP) is 2.04. The van der Waals surface area contributed by atoms with Crippen molar-refractivity contribution >= 4 is 26.4 Å². The van der Waals surface area contributed by atoms with Gasteiger partial charge >= 0.3 is 0 Å². The van der Waals surface area contributed by atoms with E-state index >= 15 is 0 Å². The molecule has 0 rings (SSSR count). The van der Waals surface area contributed by atoms with Crippen LogP contribution < -0.4 is 0 Å². The van der Waals surface area contributed by atoms with Gasteiger partial charge in [0.2, 0.25) is 10.5 Å². The Morgan fingerprint density at radius 3 is 1.89 bits per heavy atom. The summed E-state index contributed by atoms with van der Waals surface area (Å²) in [5, 5.41) is 0.885. The summed E-state index contributed by atoms with van der Waals surface area (Å²) >= 11 is 3.40. The SMILES string of the molecule is CCC(CC)(CBr)O[Si]. The molecule has 0 N–H and O–H groups in total. The largest absolute Gasteiger partial charge is 0.412 e. The van der Waals surface area contributed by atoms with E-state index in [2.05, 4.69) is 40.3 Å². The van der Waals surface area contributed by atoms with Crippen LogP contribution in [-0.2, 0) is 4.43 Å². The molecule has 0 saturated carbocycles. The van der Waals surface area contributed by atoms with Crippen LogP contribution in [0.3, 0.4) is 0 Å². The number of alkyl halides is 1. The molecule has 0 spiro atoms. The summed E-state index contributed by atoms with van der Waals surface area (Å²) in [6.07, 6.45) is 2.05. The smallest absolute Gasteiger partial charge is 0.247 e. The van der Waals surface area contributed by atoms with Gasteiger partial charge in [0.1, 0.15) is 0 Å². The van der Waals surface area contributed by atoms with Crippen LogP contribution in [0, 0.1) is 0 Å². The fourth-order valence-corrected chi connectivity index (χ4v) is 2.09. The second-order valence-electron chi connectivity index (χ2n) is 2.13. The first-order valence-corrected chi connectivity index (χ1v) is 4.68. The Kier molecular flexibility index (Phi) is 4.80. The zero-order valence-corrected chi connectivity index (χ0v) is 8.49. The highest BCUT2D eigenvalue weighted by molar-refractivity contribution is 9.09. The molecule has 0 saturated heterocycles. The van der Waals surface area contributed by atoms with Crippen LogP contribution in [0.1, 0.15) is 26.7 Å². The van der Waals surface area contributed by atoms with E-state index in [9.17, 15) is 0 Å². The van der Waals surface area contributed by atoms with Crippen molar-refractivity contribution in [2.24, 2.45) is 0 Å². The van der Waals surface area contributed by atoms with E-state index in [-0.39, 0.29) is 5.60 Å². The summed E-state index contributed by atoms with van der Waals surface area (Å²) in [6.45, 7) is 4.23. The normalized spacial score (nSPS) is 12.0. The van der Waals surface area contributed by atoms with Crippen molar-refractivity contribution in [1.29, 1.82) is 0 Å². The van der Waals surface area contributed by atoms with Crippen molar-refractivity contribution in [3.05, 3.63) is 0 Å². The van der Waals surface area contributed by atoms with Crippen LogP contribution in [0.15, 0.2) is 0 Å². The molecule has 53 valence electrons. The topological polar surface area (TPSA) is 9.23 Å². The monoisotopic (exact) mass is 207 g/mol. The van der Waals surface area contributed by atoms with Gasteiger partial charge in [-0.25, -0.2) is 0 Å². The lowest BCUT2D eigenvalue weighted by atomic mass is 10.0. The molecule has 3 radical (unpaired) electrons. The summed E-state index contributed by atoms with van der Waals surface area (Å²) < 4.78 is 5.14. The Morgan fingerprint density at radius 2 is 1.89 bits per heavy atom. The van der Waals surface area contributed by atoms with Crippen LogP contribution in [-0.4, -0.2) is 21.4 Å².